The Hall–Kier alpha value is -1.39. The van der Waals surface area contributed by atoms with Crippen LogP contribution in [0.25, 0.3) is 11.1 Å². The van der Waals surface area contributed by atoms with Gasteiger partial charge in [0, 0.05) is 26.2 Å². The van der Waals surface area contributed by atoms with E-state index in [1.54, 1.807) is 0 Å². The highest BCUT2D eigenvalue weighted by atomic mass is 16.4. The molecule has 2 aromatic rings. The van der Waals surface area contributed by atoms with Crippen LogP contribution in [0.5, 0.6) is 0 Å². The number of fused-ring (bicyclic) bond motifs is 1. The maximum Gasteiger partial charge on any atom is 0.216 e. The molecular formula is C14H17N3O. The van der Waals surface area contributed by atoms with E-state index in [0.29, 0.717) is 0 Å². The summed E-state index contributed by atoms with van der Waals surface area (Å²) >= 11 is 0. The topological polar surface area (TPSA) is 41.3 Å². The fraction of sp³-hybridized carbons (Fsp3) is 0.500. The van der Waals surface area contributed by atoms with Gasteiger partial charge in [0.05, 0.1) is 5.54 Å². The molecule has 0 spiro atoms. The standard InChI is InChI=1S/C14H17N3O/c1-2-4-12-11(3-1)16-13(18-12)14(5-6-14)17-9-7-15-8-10-17/h1-4,15H,5-10H2. The van der Waals surface area contributed by atoms with E-state index in [1.165, 1.54) is 12.8 Å². The van der Waals surface area contributed by atoms with Crippen molar-refractivity contribution in [3.05, 3.63) is 30.2 Å². The van der Waals surface area contributed by atoms with E-state index < -0.39 is 0 Å². The van der Waals surface area contributed by atoms with Crippen molar-refractivity contribution < 1.29 is 4.42 Å². The first kappa shape index (κ1) is 10.5. The maximum absolute atomic E-state index is 5.98. The Morgan fingerprint density at radius 1 is 1.17 bits per heavy atom. The summed E-state index contributed by atoms with van der Waals surface area (Å²) in [6.07, 6.45) is 2.36. The minimum Gasteiger partial charge on any atom is -0.439 e. The fourth-order valence-corrected chi connectivity index (χ4v) is 2.95. The first-order chi connectivity index (χ1) is 8.88. The lowest BCUT2D eigenvalue weighted by Crippen LogP contribution is -2.48. The van der Waals surface area contributed by atoms with Crippen LogP contribution in [0.4, 0.5) is 0 Å². The van der Waals surface area contributed by atoms with E-state index in [1.807, 2.05) is 24.3 Å². The summed E-state index contributed by atoms with van der Waals surface area (Å²) in [5, 5.41) is 3.40. The van der Waals surface area contributed by atoms with Crippen LogP contribution in [0, 0.1) is 0 Å². The molecule has 4 heteroatoms. The van der Waals surface area contributed by atoms with Crippen LogP contribution in [0.15, 0.2) is 28.7 Å². The average molecular weight is 243 g/mol. The van der Waals surface area contributed by atoms with Gasteiger partial charge in [-0.05, 0) is 25.0 Å². The van der Waals surface area contributed by atoms with Crippen molar-refractivity contribution in [1.29, 1.82) is 0 Å². The Morgan fingerprint density at radius 3 is 2.67 bits per heavy atom. The molecule has 0 bridgehead atoms. The Kier molecular flexibility index (Phi) is 2.22. The predicted molar refractivity (Wildman–Crippen MR) is 69.4 cm³/mol. The van der Waals surface area contributed by atoms with Gasteiger partial charge in [-0.1, -0.05) is 12.1 Å². The van der Waals surface area contributed by atoms with Gasteiger partial charge in [0.25, 0.3) is 0 Å². The smallest absolute Gasteiger partial charge is 0.216 e. The van der Waals surface area contributed by atoms with Crippen molar-refractivity contribution >= 4 is 11.1 Å². The molecule has 4 nitrogen and oxygen atoms in total. The van der Waals surface area contributed by atoms with Crippen LogP contribution >= 0.6 is 0 Å². The quantitative estimate of drug-likeness (QED) is 0.872. The molecule has 1 aliphatic heterocycles. The van der Waals surface area contributed by atoms with Crippen LogP contribution in [-0.2, 0) is 5.54 Å². The van der Waals surface area contributed by atoms with E-state index in [2.05, 4.69) is 10.2 Å². The normalized spacial score (nSPS) is 23.3. The molecule has 1 aromatic carbocycles. The number of aromatic nitrogens is 1. The third-order valence-corrected chi connectivity index (χ3v) is 4.14. The summed E-state index contributed by atoms with van der Waals surface area (Å²) in [6.45, 7) is 4.33. The maximum atomic E-state index is 5.98. The third-order valence-electron chi connectivity index (χ3n) is 4.14. The summed E-state index contributed by atoms with van der Waals surface area (Å²) in [5.74, 6) is 0.922. The molecule has 18 heavy (non-hydrogen) atoms. The molecule has 1 saturated carbocycles. The van der Waals surface area contributed by atoms with Gasteiger partial charge in [-0.25, -0.2) is 4.98 Å². The van der Waals surface area contributed by atoms with Crippen molar-refractivity contribution in [2.75, 3.05) is 26.2 Å². The zero-order valence-electron chi connectivity index (χ0n) is 10.4. The summed E-state index contributed by atoms with van der Waals surface area (Å²) in [6, 6.07) is 8.04. The van der Waals surface area contributed by atoms with Gasteiger partial charge in [0.1, 0.15) is 5.52 Å². The molecule has 0 radical (unpaired) electrons. The average Bonchev–Trinajstić information content (AvgIpc) is 3.13. The van der Waals surface area contributed by atoms with E-state index in [9.17, 15) is 0 Å². The number of rotatable bonds is 2. The van der Waals surface area contributed by atoms with E-state index in [-0.39, 0.29) is 5.54 Å². The summed E-state index contributed by atoms with van der Waals surface area (Å²) < 4.78 is 5.98. The third kappa shape index (κ3) is 1.49. The first-order valence-electron chi connectivity index (χ1n) is 6.70. The molecule has 94 valence electrons. The number of nitrogens with zero attached hydrogens (tertiary/aromatic N) is 2. The lowest BCUT2D eigenvalue weighted by atomic mass is 10.2. The minimum atomic E-state index is 0.0983. The van der Waals surface area contributed by atoms with Crippen LogP contribution < -0.4 is 5.32 Å². The highest BCUT2D eigenvalue weighted by molar-refractivity contribution is 5.72. The number of hydrogen-bond donors (Lipinski definition) is 1. The Balaban J connectivity index is 1.72. The molecule has 0 atom stereocenters. The van der Waals surface area contributed by atoms with Crippen molar-refractivity contribution in [1.82, 2.24) is 15.2 Å². The van der Waals surface area contributed by atoms with Crippen LogP contribution in [-0.4, -0.2) is 36.1 Å². The van der Waals surface area contributed by atoms with E-state index in [4.69, 9.17) is 9.40 Å². The SMILES string of the molecule is c1ccc2oc(C3(N4CCNCC4)CC3)nc2c1. The van der Waals surface area contributed by atoms with E-state index >= 15 is 0 Å². The molecule has 1 saturated heterocycles. The molecule has 2 fully saturated rings. The minimum absolute atomic E-state index is 0.0983. The molecule has 2 heterocycles. The van der Waals surface area contributed by atoms with Crippen LogP contribution in [0.2, 0.25) is 0 Å². The second-order valence-corrected chi connectivity index (χ2v) is 5.26. The number of para-hydroxylation sites is 2. The number of hydrogen-bond acceptors (Lipinski definition) is 4. The first-order valence-corrected chi connectivity index (χ1v) is 6.70. The zero-order chi connectivity index (χ0) is 12.0. The van der Waals surface area contributed by atoms with Crippen LogP contribution in [0.1, 0.15) is 18.7 Å². The number of oxazole rings is 1. The second-order valence-electron chi connectivity index (χ2n) is 5.26. The van der Waals surface area contributed by atoms with Crippen molar-refractivity contribution in [2.24, 2.45) is 0 Å². The number of piperazine rings is 1. The van der Waals surface area contributed by atoms with Gasteiger partial charge in [0.2, 0.25) is 5.89 Å². The van der Waals surface area contributed by atoms with Gasteiger partial charge in [0.15, 0.2) is 5.58 Å². The monoisotopic (exact) mass is 243 g/mol. The zero-order valence-corrected chi connectivity index (χ0v) is 10.4. The molecule has 0 unspecified atom stereocenters. The molecule has 4 rings (SSSR count). The predicted octanol–water partition coefficient (Wildman–Crippen LogP) is 1.72. The molecular weight excluding hydrogens is 226 g/mol. The van der Waals surface area contributed by atoms with Crippen LogP contribution in [0.3, 0.4) is 0 Å². The Bertz CT molecular complexity index is 534. The molecule has 1 aromatic heterocycles. The number of benzene rings is 1. The van der Waals surface area contributed by atoms with Crippen molar-refractivity contribution in [3.63, 3.8) is 0 Å². The highest BCUT2D eigenvalue weighted by Crippen LogP contribution is 2.51. The summed E-state index contributed by atoms with van der Waals surface area (Å²) in [7, 11) is 0. The molecule has 0 amide bonds. The number of nitrogens with one attached hydrogen (secondary N) is 1. The fourth-order valence-electron chi connectivity index (χ4n) is 2.95. The largest absolute Gasteiger partial charge is 0.439 e. The summed E-state index contributed by atoms with van der Waals surface area (Å²) in [5.41, 5.74) is 1.99. The lowest BCUT2D eigenvalue weighted by Gasteiger charge is -2.33. The Labute approximate surface area is 106 Å². The summed E-state index contributed by atoms with van der Waals surface area (Å²) in [4.78, 5) is 7.23. The molecule has 1 aliphatic carbocycles. The lowest BCUT2D eigenvalue weighted by molar-refractivity contribution is 0.132. The van der Waals surface area contributed by atoms with E-state index in [0.717, 1.165) is 43.2 Å². The highest BCUT2D eigenvalue weighted by Gasteiger charge is 2.53. The van der Waals surface area contributed by atoms with Gasteiger partial charge in [-0.3, -0.25) is 4.90 Å². The van der Waals surface area contributed by atoms with Gasteiger partial charge in [-0.2, -0.15) is 0 Å². The van der Waals surface area contributed by atoms with Crippen molar-refractivity contribution in [2.45, 2.75) is 18.4 Å². The van der Waals surface area contributed by atoms with Gasteiger partial charge < -0.3 is 9.73 Å². The molecule has 2 aliphatic rings. The van der Waals surface area contributed by atoms with Crippen molar-refractivity contribution in [3.8, 4) is 0 Å². The second kappa shape index (κ2) is 3.80. The van der Waals surface area contributed by atoms with Gasteiger partial charge >= 0.3 is 0 Å². The Morgan fingerprint density at radius 2 is 1.94 bits per heavy atom. The van der Waals surface area contributed by atoms with Gasteiger partial charge in [-0.15, -0.1) is 0 Å². The molecule has 1 N–H and O–H groups in total.